The molecular weight excluding hydrogens is 765 g/mol. The van der Waals surface area contributed by atoms with Crippen LogP contribution in [0.1, 0.15) is 309 Å². The molecule has 1 unspecified atom stereocenters. The molecule has 0 amide bonds. The summed E-state index contributed by atoms with van der Waals surface area (Å²) >= 11 is 0. The van der Waals surface area contributed by atoms with Gasteiger partial charge in [0.25, 0.3) is 0 Å². The van der Waals surface area contributed by atoms with Crippen LogP contribution in [0.25, 0.3) is 0 Å². The number of hydrogen-bond acceptors (Lipinski definition) is 5. The van der Waals surface area contributed by atoms with Crippen LogP contribution in [0.2, 0.25) is 0 Å². The summed E-state index contributed by atoms with van der Waals surface area (Å²) in [4.78, 5) is 24.5. The van der Waals surface area contributed by atoms with E-state index in [2.05, 4.69) is 38.2 Å². The van der Waals surface area contributed by atoms with Gasteiger partial charge in [-0.2, -0.15) is 0 Å². The highest BCUT2D eigenvalue weighted by Gasteiger charge is 2.16. The fourth-order valence-electron chi connectivity index (χ4n) is 8.49. The molecule has 0 bridgehead atoms. The smallest absolute Gasteiger partial charge is 0.306 e. The van der Waals surface area contributed by atoms with Crippen LogP contribution in [0, 0.1) is 0 Å². The molecule has 5 nitrogen and oxygen atoms in total. The average Bonchev–Trinajstić information content (AvgIpc) is 3.28. The van der Waals surface area contributed by atoms with E-state index in [4.69, 9.17) is 9.47 Å². The molecular formula is C57H108O5. The van der Waals surface area contributed by atoms with Gasteiger partial charge >= 0.3 is 11.9 Å². The van der Waals surface area contributed by atoms with Gasteiger partial charge in [-0.25, -0.2) is 0 Å². The number of allylic oxidation sites excluding steroid dienone is 4. The Morgan fingerprint density at radius 2 is 0.597 bits per heavy atom. The zero-order chi connectivity index (χ0) is 44.9. The summed E-state index contributed by atoms with van der Waals surface area (Å²) in [6.45, 7) is 4.18. The maximum absolute atomic E-state index is 12.3. The molecule has 0 aliphatic heterocycles. The van der Waals surface area contributed by atoms with Gasteiger partial charge in [-0.1, -0.05) is 256 Å². The van der Waals surface area contributed by atoms with E-state index in [0.29, 0.717) is 12.8 Å². The molecule has 0 aromatic rings. The second kappa shape index (κ2) is 53.7. The molecule has 0 fully saturated rings. The van der Waals surface area contributed by atoms with Gasteiger partial charge in [-0.15, -0.1) is 0 Å². The van der Waals surface area contributed by atoms with E-state index in [-0.39, 0.29) is 25.2 Å². The molecule has 0 aliphatic rings. The molecule has 0 saturated heterocycles. The van der Waals surface area contributed by atoms with E-state index in [1.165, 1.54) is 244 Å². The van der Waals surface area contributed by atoms with Crippen LogP contribution in [-0.4, -0.2) is 36.4 Å². The van der Waals surface area contributed by atoms with Gasteiger partial charge in [0.1, 0.15) is 6.61 Å². The van der Waals surface area contributed by atoms with Crippen molar-refractivity contribution in [2.45, 2.75) is 315 Å². The van der Waals surface area contributed by atoms with Crippen LogP contribution in [0.3, 0.4) is 0 Å². The highest BCUT2D eigenvalue weighted by atomic mass is 16.6. The first kappa shape index (κ1) is 60.4. The Morgan fingerprint density at radius 1 is 0.355 bits per heavy atom. The van der Waals surface area contributed by atoms with Gasteiger partial charge in [0.2, 0.25) is 0 Å². The maximum atomic E-state index is 12.3. The van der Waals surface area contributed by atoms with Crippen LogP contribution in [0.5, 0.6) is 0 Å². The van der Waals surface area contributed by atoms with Crippen molar-refractivity contribution in [3.63, 3.8) is 0 Å². The van der Waals surface area contributed by atoms with Crippen molar-refractivity contribution in [1.82, 2.24) is 0 Å². The fourth-order valence-corrected chi connectivity index (χ4v) is 8.49. The van der Waals surface area contributed by atoms with E-state index < -0.39 is 6.10 Å². The molecule has 366 valence electrons. The van der Waals surface area contributed by atoms with Crippen molar-refractivity contribution in [1.29, 1.82) is 0 Å². The predicted octanol–water partition coefficient (Wildman–Crippen LogP) is 18.5. The van der Waals surface area contributed by atoms with Crippen molar-refractivity contribution in [2.24, 2.45) is 0 Å². The van der Waals surface area contributed by atoms with E-state index in [0.717, 1.165) is 38.5 Å². The first-order chi connectivity index (χ1) is 30.6. The first-order valence-corrected chi connectivity index (χ1v) is 27.9. The zero-order valence-corrected chi connectivity index (χ0v) is 41.9. The third-order valence-corrected chi connectivity index (χ3v) is 12.7. The highest BCUT2D eigenvalue weighted by Crippen LogP contribution is 2.17. The summed E-state index contributed by atoms with van der Waals surface area (Å²) < 4.78 is 10.7. The van der Waals surface area contributed by atoms with Gasteiger partial charge in [0.15, 0.2) is 6.10 Å². The van der Waals surface area contributed by atoms with E-state index in [1.807, 2.05) is 0 Å². The lowest BCUT2D eigenvalue weighted by molar-refractivity contribution is -0.161. The van der Waals surface area contributed by atoms with Crippen molar-refractivity contribution >= 4 is 11.9 Å². The minimum atomic E-state index is -0.769. The van der Waals surface area contributed by atoms with Crippen molar-refractivity contribution in [3.05, 3.63) is 24.3 Å². The second-order valence-corrected chi connectivity index (χ2v) is 19.0. The molecule has 0 aliphatic carbocycles. The number of carbonyl (C=O) groups excluding carboxylic acids is 2. The van der Waals surface area contributed by atoms with Crippen molar-refractivity contribution in [2.75, 3.05) is 13.2 Å². The number of aliphatic hydroxyl groups excluding tert-OH is 1. The lowest BCUT2D eigenvalue weighted by Gasteiger charge is -2.15. The Morgan fingerprint density at radius 3 is 0.871 bits per heavy atom. The standard InChI is InChI=1S/C57H108O5/c1-3-5-7-9-11-13-15-17-19-21-23-24-25-26-27-28-29-30-31-32-34-36-38-40-42-44-46-48-50-52-57(60)62-55(53-58)54-61-56(59)51-49-47-45-43-41-39-37-35-33-22-20-18-16-14-12-10-8-6-4-2/h18,20-21,23,55,58H,3-17,19,22,24-54H2,1-2H3/b20-18-,23-21-. The van der Waals surface area contributed by atoms with Crippen molar-refractivity contribution in [3.8, 4) is 0 Å². The Labute approximate surface area is 387 Å². The summed E-state index contributed by atoms with van der Waals surface area (Å²) in [5.74, 6) is -0.576. The number of rotatable bonds is 52. The minimum Gasteiger partial charge on any atom is -0.462 e. The molecule has 0 radical (unpaired) electrons. The normalized spacial score (nSPS) is 12.2. The number of aliphatic hydroxyl groups is 1. The lowest BCUT2D eigenvalue weighted by atomic mass is 10.0. The lowest BCUT2D eigenvalue weighted by Crippen LogP contribution is -2.28. The molecule has 1 atom stereocenters. The van der Waals surface area contributed by atoms with Gasteiger partial charge in [-0.05, 0) is 64.2 Å². The summed E-state index contributed by atoms with van der Waals surface area (Å²) in [5.41, 5.74) is 0. The molecule has 1 N–H and O–H groups in total. The molecule has 5 heteroatoms. The Bertz CT molecular complexity index is 943. The summed E-state index contributed by atoms with van der Waals surface area (Å²) in [6, 6.07) is 0. The first-order valence-electron chi connectivity index (χ1n) is 27.9. The van der Waals surface area contributed by atoms with E-state index in [1.54, 1.807) is 0 Å². The third-order valence-electron chi connectivity index (χ3n) is 12.7. The van der Waals surface area contributed by atoms with Crippen LogP contribution < -0.4 is 0 Å². The number of unbranched alkanes of at least 4 members (excludes halogenated alkanes) is 40. The predicted molar refractivity (Wildman–Crippen MR) is 270 cm³/mol. The number of ether oxygens (including phenoxy) is 2. The summed E-state index contributed by atoms with van der Waals surface area (Å²) in [5, 5.41) is 9.64. The SMILES string of the molecule is CCCCCCCC/C=C\CCCCCCCCCCCC(=O)OCC(CO)OC(=O)CCCCCCCCCCCCCCCCCCC/C=C\CCCCCCCCCC. The quantitative estimate of drug-likeness (QED) is 0.0374. The number of esters is 2. The molecule has 0 aromatic carbocycles. The van der Waals surface area contributed by atoms with E-state index in [9.17, 15) is 14.7 Å². The van der Waals surface area contributed by atoms with Gasteiger partial charge in [-0.3, -0.25) is 9.59 Å². The summed E-state index contributed by atoms with van der Waals surface area (Å²) in [7, 11) is 0. The van der Waals surface area contributed by atoms with Gasteiger partial charge in [0.05, 0.1) is 6.61 Å². The molecule has 0 heterocycles. The number of carbonyl (C=O) groups is 2. The van der Waals surface area contributed by atoms with Gasteiger partial charge in [0, 0.05) is 12.8 Å². The zero-order valence-electron chi connectivity index (χ0n) is 41.9. The summed E-state index contributed by atoms with van der Waals surface area (Å²) in [6.07, 6.45) is 67.2. The van der Waals surface area contributed by atoms with Crippen LogP contribution in [0.4, 0.5) is 0 Å². The third kappa shape index (κ3) is 51.0. The highest BCUT2D eigenvalue weighted by molar-refractivity contribution is 5.70. The number of hydrogen-bond donors (Lipinski definition) is 1. The Kier molecular flexibility index (Phi) is 52.3. The molecule has 0 saturated carbocycles. The monoisotopic (exact) mass is 873 g/mol. The molecule has 62 heavy (non-hydrogen) atoms. The van der Waals surface area contributed by atoms with Crippen LogP contribution in [0.15, 0.2) is 24.3 Å². The van der Waals surface area contributed by atoms with Crippen LogP contribution >= 0.6 is 0 Å². The van der Waals surface area contributed by atoms with E-state index >= 15 is 0 Å². The molecule has 0 aromatic heterocycles. The molecule has 0 rings (SSSR count). The van der Waals surface area contributed by atoms with Gasteiger partial charge < -0.3 is 14.6 Å². The fraction of sp³-hybridized carbons (Fsp3) is 0.895. The Hall–Kier alpha value is -1.62. The topological polar surface area (TPSA) is 72.8 Å². The molecule has 0 spiro atoms. The maximum Gasteiger partial charge on any atom is 0.306 e. The minimum absolute atomic E-state index is 0.0616. The Balaban J connectivity index is 3.42. The largest absolute Gasteiger partial charge is 0.462 e. The average molecular weight is 873 g/mol. The van der Waals surface area contributed by atoms with Crippen LogP contribution in [-0.2, 0) is 19.1 Å². The second-order valence-electron chi connectivity index (χ2n) is 19.0. The van der Waals surface area contributed by atoms with Crippen molar-refractivity contribution < 1.29 is 24.2 Å².